The molecular formula is C24H24N4O4. The van der Waals surface area contributed by atoms with Gasteiger partial charge in [0.1, 0.15) is 0 Å². The molecule has 4 rings (SSSR count). The Hall–Kier alpha value is -3.91. The number of nitrogens with zero attached hydrogens (tertiary/aromatic N) is 1. The Labute approximate surface area is 185 Å². The molecule has 4 N–H and O–H groups in total. The van der Waals surface area contributed by atoms with Gasteiger partial charge in [-0.25, -0.2) is 0 Å². The second kappa shape index (κ2) is 9.49. The molecule has 1 aromatic heterocycles. The molecule has 0 saturated carbocycles. The number of hydrogen-bond acceptors (Lipinski definition) is 5. The molecule has 1 aliphatic rings. The van der Waals surface area contributed by atoms with Crippen molar-refractivity contribution in [2.24, 2.45) is 5.73 Å². The van der Waals surface area contributed by atoms with Crippen molar-refractivity contribution in [3.8, 4) is 0 Å². The number of anilines is 2. The largest absolute Gasteiger partial charge is 0.459 e. The van der Waals surface area contributed by atoms with Crippen LogP contribution >= 0.6 is 0 Å². The molecular weight excluding hydrogens is 408 g/mol. The van der Waals surface area contributed by atoms with E-state index in [2.05, 4.69) is 15.5 Å². The number of rotatable bonds is 7. The molecule has 0 spiro atoms. The summed E-state index contributed by atoms with van der Waals surface area (Å²) < 4.78 is 5.06. The first-order chi connectivity index (χ1) is 15.5. The van der Waals surface area contributed by atoms with Crippen LogP contribution in [-0.2, 0) is 11.3 Å². The fraction of sp³-hybridized carbons (Fsp3) is 0.208. The second-order valence-electron chi connectivity index (χ2n) is 7.69. The van der Waals surface area contributed by atoms with Crippen molar-refractivity contribution in [3.63, 3.8) is 0 Å². The maximum Gasteiger partial charge on any atom is 0.291 e. The Morgan fingerprint density at radius 1 is 0.969 bits per heavy atom. The molecule has 1 aliphatic heterocycles. The Morgan fingerprint density at radius 2 is 1.75 bits per heavy atom. The highest BCUT2D eigenvalue weighted by Crippen LogP contribution is 2.21. The number of furan rings is 1. The van der Waals surface area contributed by atoms with Gasteiger partial charge in [-0.2, -0.15) is 0 Å². The van der Waals surface area contributed by atoms with Crippen molar-refractivity contribution in [2.45, 2.75) is 25.4 Å². The number of likely N-dealkylation sites (tertiary alicyclic amines) is 1. The molecule has 3 amide bonds. The minimum absolute atomic E-state index is 0.211. The number of nitrogens with two attached hydrogens (primary N) is 1. The lowest BCUT2D eigenvalue weighted by molar-refractivity contribution is -0.122. The molecule has 0 radical (unpaired) electrons. The quantitative estimate of drug-likeness (QED) is 0.530. The minimum Gasteiger partial charge on any atom is -0.459 e. The van der Waals surface area contributed by atoms with Crippen LogP contribution in [0.2, 0.25) is 0 Å². The van der Waals surface area contributed by atoms with Gasteiger partial charge in [-0.15, -0.1) is 0 Å². The summed E-state index contributed by atoms with van der Waals surface area (Å²) in [5.41, 5.74) is 8.17. The molecule has 1 atom stereocenters. The van der Waals surface area contributed by atoms with Crippen molar-refractivity contribution in [3.05, 3.63) is 83.8 Å². The summed E-state index contributed by atoms with van der Waals surface area (Å²) >= 11 is 0. The third kappa shape index (κ3) is 5.04. The highest BCUT2D eigenvalue weighted by atomic mass is 16.3. The van der Waals surface area contributed by atoms with E-state index in [1.165, 1.54) is 6.26 Å². The average Bonchev–Trinajstić information content (AvgIpc) is 3.47. The minimum atomic E-state index is -0.361. The molecule has 2 heterocycles. The standard InChI is InChI=1S/C24H24N4O4/c25-22(29)20-6-2-12-28(20)15-16-4-1-5-19(14-16)27-23(30)17-8-10-18(11-9-17)26-24(31)21-7-3-13-32-21/h1,3-5,7-11,13-14,20H,2,6,12,15H2,(H2,25,29)(H,26,31)(H,27,30). The molecule has 8 heteroatoms. The van der Waals surface area contributed by atoms with Crippen LogP contribution in [0.15, 0.2) is 71.3 Å². The van der Waals surface area contributed by atoms with E-state index in [9.17, 15) is 14.4 Å². The van der Waals surface area contributed by atoms with E-state index in [1.807, 2.05) is 24.3 Å². The molecule has 0 bridgehead atoms. The summed E-state index contributed by atoms with van der Waals surface area (Å²) in [6, 6.07) is 17.1. The Balaban J connectivity index is 1.37. The third-order valence-corrected chi connectivity index (χ3v) is 5.41. The number of nitrogens with one attached hydrogen (secondary N) is 2. The van der Waals surface area contributed by atoms with Gasteiger partial charge >= 0.3 is 0 Å². The fourth-order valence-electron chi connectivity index (χ4n) is 3.83. The highest BCUT2D eigenvalue weighted by Gasteiger charge is 2.28. The normalized spacial score (nSPS) is 15.9. The highest BCUT2D eigenvalue weighted by molar-refractivity contribution is 6.05. The van der Waals surface area contributed by atoms with E-state index in [4.69, 9.17) is 10.2 Å². The SMILES string of the molecule is NC(=O)C1CCCN1Cc1cccc(NC(=O)c2ccc(NC(=O)c3ccco3)cc2)c1. The number of hydrogen-bond donors (Lipinski definition) is 3. The summed E-state index contributed by atoms with van der Waals surface area (Å²) in [4.78, 5) is 38.4. The van der Waals surface area contributed by atoms with Crippen LogP contribution in [0.25, 0.3) is 0 Å². The van der Waals surface area contributed by atoms with Gasteiger partial charge in [-0.05, 0) is 73.5 Å². The van der Waals surface area contributed by atoms with Crippen molar-refractivity contribution in [1.29, 1.82) is 0 Å². The molecule has 2 aromatic carbocycles. The molecule has 0 aliphatic carbocycles. The maximum atomic E-state index is 12.6. The van der Waals surface area contributed by atoms with E-state index >= 15 is 0 Å². The van der Waals surface area contributed by atoms with Crippen LogP contribution in [0.4, 0.5) is 11.4 Å². The zero-order chi connectivity index (χ0) is 22.5. The van der Waals surface area contributed by atoms with Crippen molar-refractivity contribution < 1.29 is 18.8 Å². The Morgan fingerprint density at radius 3 is 2.47 bits per heavy atom. The first kappa shape index (κ1) is 21.3. The molecule has 3 aromatic rings. The van der Waals surface area contributed by atoms with E-state index in [0.29, 0.717) is 23.5 Å². The summed E-state index contributed by atoms with van der Waals surface area (Å²) in [5, 5.41) is 5.60. The van der Waals surface area contributed by atoms with Crippen LogP contribution < -0.4 is 16.4 Å². The van der Waals surface area contributed by atoms with Crippen molar-refractivity contribution >= 4 is 29.1 Å². The Bertz CT molecular complexity index is 1110. The summed E-state index contributed by atoms with van der Waals surface area (Å²) in [6.45, 7) is 1.42. The van der Waals surface area contributed by atoms with Gasteiger partial charge < -0.3 is 20.8 Å². The van der Waals surface area contributed by atoms with Gasteiger partial charge in [0.05, 0.1) is 12.3 Å². The summed E-state index contributed by atoms with van der Waals surface area (Å²) in [6.07, 6.45) is 3.16. The number of benzene rings is 2. The van der Waals surface area contributed by atoms with Gasteiger partial charge in [0.15, 0.2) is 5.76 Å². The number of carbonyl (C=O) groups is 3. The zero-order valence-electron chi connectivity index (χ0n) is 17.4. The third-order valence-electron chi connectivity index (χ3n) is 5.41. The van der Waals surface area contributed by atoms with E-state index in [0.717, 1.165) is 24.9 Å². The predicted molar refractivity (Wildman–Crippen MR) is 120 cm³/mol. The van der Waals surface area contributed by atoms with Crippen molar-refractivity contribution in [2.75, 3.05) is 17.2 Å². The van der Waals surface area contributed by atoms with Crippen LogP contribution in [0.3, 0.4) is 0 Å². The van der Waals surface area contributed by atoms with Crippen LogP contribution in [0, 0.1) is 0 Å². The van der Waals surface area contributed by atoms with Crippen LogP contribution in [0.5, 0.6) is 0 Å². The van der Waals surface area contributed by atoms with Gasteiger partial charge in [0, 0.05) is 23.5 Å². The Kier molecular flexibility index (Phi) is 6.32. The molecule has 164 valence electrons. The van der Waals surface area contributed by atoms with E-state index in [-0.39, 0.29) is 29.5 Å². The monoisotopic (exact) mass is 432 g/mol. The maximum absolute atomic E-state index is 12.6. The first-order valence-corrected chi connectivity index (χ1v) is 10.4. The lowest BCUT2D eigenvalue weighted by atomic mass is 10.1. The van der Waals surface area contributed by atoms with E-state index in [1.54, 1.807) is 36.4 Å². The van der Waals surface area contributed by atoms with Crippen LogP contribution in [0.1, 0.15) is 39.3 Å². The van der Waals surface area contributed by atoms with Gasteiger partial charge in [-0.3, -0.25) is 19.3 Å². The summed E-state index contributed by atoms with van der Waals surface area (Å²) in [5.74, 6) is -0.707. The van der Waals surface area contributed by atoms with Gasteiger partial charge in [-0.1, -0.05) is 12.1 Å². The van der Waals surface area contributed by atoms with Gasteiger partial charge in [0.25, 0.3) is 11.8 Å². The first-order valence-electron chi connectivity index (χ1n) is 10.4. The molecule has 1 fully saturated rings. The lowest BCUT2D eigenvalue weighted by Crippen LogP contribution is -2.39. The van der Waals surface area contributed by atoms with Crippen molar-refractivity contribution in [1.82, 2.24) is 4.90 Å². The van der Waals surface area contributed by atoms with Crippen LogP contribution in [-0.4, -0.2) is 35.2 Å². The molecule has 8 nitrogen and oxygen atoms in total. The second-order valence-corrected chi connectivity index (χ2v) is 7.69. The smallest absolute Gasteiger partial charge is 0.291 e. The van der Waals surface area contributed by atoms with Gasteiger partial charge in [0.2, 0.25) is 5.91 Å². The topological polar surface area (TPSA) is 118 Å². The predicted octanol–water partition coefficient (Wildman–Crippen LogP) is 3.23. The number of primary amides is 1. The fourth-order valence-corrected chi connectivity index (χ4v) is 3.83. The number of amides is 3. The molecule has 32 heavy (non-hydrogen) atoms. The molecule has 1 unspecified atom stereocenters. The van der Waals surface area contributed by atoms with E-state index < -0.39 is 0 Å². The zero-order valence-corrected chi connectivity index (χ0v) is 17.4. The average molecular weight is 432 g/mol. The lowest BCUT2D eigenvalue weighted by Gasteiger charge is -2.22. The molecule has 1 saturated heterocycles. The summed E-state index contributed by atoms with van der Waals surface area (Å²) in [7, 11) is 0. The number of carbonyl (C=O) groups excluding carboxylic acids is 3.